The second-order valence-corrected chi connectivity index (χ2v) is 6.33. The van der Waals surface area contributed by atoms with Crippen molar-refractivity contribution in [3.63, 3.8) is 0 Å². The molecule has 2 aromatic rings. The van der Waals surface area contributed by atoms with Crippen LogP contribution in [0.25, 0.3) is 0 Å². The zero-order valence-corrected chi connectivity index (χ0v) is 13.4. The van der Waals surface area contributed by atoms with E-state index >= 15 is 0 Å². The molecule has 4 rings (SSSR count). The molecular formula is C17H18FN3O3. The summed E-state index contributed by atoms with van der Waals surface area (Å²) < 4.78 is 24.4. The van der Waals surface area contributed by atoms with Gasteiger partial charge in [0.25, 0.3) is 5.91 Å². The van der Waals surface area contributed by atoms with E-state index in [-0.39, 0.29) is 17.6 Å². The Labute approximate surface area is 138 Å². The zero-order valence-electron chi connectivity index (χ0n) is 13.4. The maximum Gasteiger partial charge on any atom is 0.264 e. The van der Waals surface area contributed by atoms with E-state index in [2.05, 4.69) is 10.1 Å². The molecule has 0 unspecified atom stereocenters. The van der Waals surface area contributed by atoms with Crippen LogP contribution >= 0.6 is 0 Å². The van der Waals surface area contributed by atoms with Gasteiger partial charge in [0.1, 0.15) is 0 Å². The van der Waals surface area contributed by atoms with Crippen molar-refractivity contribution < 1.29 is 18.4 Å². The maximum absolute atomic E-state index is 13.8. The average molecular weight is 331 g/mol. The molecule has 2 aliphatic rings. The minimum Gasteiger partial charge on any atom is -0.477 e. The number of nitrogens with zero attached hydrogens (tertiary/aromatic N) is 3. The number of para-hydroxylation sites is 1. The molecular weight excluding hydrogens is 313 g/mol. The number of likely N-dealkylation sites (tertiary alicyclic amines) is 1. The van der Waals surface area contributed by atoms with Gasteiger partial charge in [-0.05, 0) is 18.9 Å². The van der Waals surface area contributed by atoms with Crippen molar-refractivity contribution in [1.29, 1.82) is 0 Å². The Bertz CT molecular complexity index is 776. The van der Waals surface area contributed by atoms with Gasteiger partial charge in [0.2, 0.25) is 5.89 Å². The molecule has 3 heterocycles. The summed E-state index contributed by atoms with van der Waals surface area (Å²) in [7, 11) is 0. The highest BCUT2D eigenvalue weighted by molar-refractivity contribution is 5.82. The van der Waals surface area contributed by atoms with Crippen molar-refractivity contribution in [3.05, 3.63) is 41.3 Å². The fraction of sp³-hybridized carbons (Fsp3) is 0.471. The monoisotopic (exact) mass is 331 g/mol. The van der Waals surface area contributed by atoms with Crippen molar-refractivity contribution in [3.8, 4) is 5.75 Å². The van der Waals surface area contributed by atoms with Gasteiger partial charge in [0.05, 0.1) is 0 Å². The summed E-state index contributed by atoms with van der Waals surface area (Å²) in [5.41, 5.74) is 0.746. The normalized spacial score (nSPS) is 23.0. The summed E-state index contributed by atoms with van der Waals surface area (Å²) >= 11 is 0. The Hall–Kier alpha value is -2.44. The first kappa shape index (κ1) is 15.1. The molecule has 0 aliphatic carbocycles. The van der Waals surface area contributed by atoms with Gasteiger partial charge in [-0.3, -0.25) is 4.79 Å². The van der Waals surface area contributed by atoms with E-state index in [1.54, 1.807) is 24.0 Å². The third kappa shape index (κ3) is 2.64. The fourth-order valence-corrected chi connectivity index (χ4v) is 3.44. The molecule has 1 fully saturated rings. The molecule has 2 atom stereocenters. The van der Waals surface area contributed by atoms with Crippen LogP contribution in [-0.4, -0.2) is 40.1 Å². The zero-order chi connectivity index (χ0) is 16.7. The summed E-state index contributed by atoms with van der Waals surface area (Å²) in [4.78, 5) is 18.8. The Morgan fingerprint density at radius 3 is 3.04 bits per heavy atom. The van der Waals surface area contributed by atoms with Crippen LogP contribution < -0.4 is 4.74 Å². The third-order valence-corrected chi connectivity index (χ3v) is 4.63. The number of piperidine rings is 1. The minimum atomic E-state index is -0.650. The number of carbonyl (C=O) groups excluding carboxylic acids is 1. The summed E-state index contributed by atoms with van der Waals surface area (Å²) in [6, 6.07) is 4.79. The Morgan fingerprint density at radius 2 is 2.29 bits per heavy atom. The molecule has 2 aliphatic heterocycles. The summed E-state index contributed by atoms with van der Waals surface area (Å²) in [5, 5.41) is 3.97. The lowest BCUT2D eigenvalue weighted by atomic mass is 9.96. The number of aromatic nitrogens is 2. The molecule has 1 saturated heterocycles. The predicted octanol–water partition coefficient (Wildman–Crippen LogP) is 2.23. The van der Waals surface area contributed by atoms with Gasteiger partial charge >= 0.3 is 0 Å². The Balaban J connectivity index is 1.46. The molecule has 0 radical (unpaired) electrons. The highest BCUT2D eigenvalue weighted by Crippen LogP contribution is 2.33. The van der Waals surface area contributed by atoms with E-state index in [0.29, 0.717) is 31.2 Å². The standard InChI is InChI=1S/C17H18FN3O3/c1-10-19-16(20-24-10)12-5-3-7-21(9-12)17(22)14-8-11-4-2-6-13(18)15(11)23-14/h2,4,6,12,14H,3,5,7-9H2,1H3/t12-,14+/m0/s1. The van der Waals surface area contributed by atoms with Crippen molar-refractivity contribution in [1.82, 2.24) is 15.0 Å². The molecule has 0 N–H and O–H groups in total. The number of ether oxygens (including phenoxy) is 1. The van der Waals surface area contributed by atoms with Gasteiger partial charge < -0.3 is 14.2 Å². The van der Waals surface area contributed by atoms with Gasteiger partial charge in [-0.1, -0.05) is 17.3 Å². The number of fused-ring (bicyclic) bond motifs is 1. The first-order valence-electron chi connectivity index (χ1n) is 8.15. The molecule has 6 nitrogen and oxygen atoms in total. The maximum atomic E-state index is 13.8. The smallest absolute Gasteiger partial charge is 0.264 e. The van der Waals surface area contributed by atoms with Gasteiger partial charge in [-0.25, -0.2) is 4.39 Å². The first-order valence-corrected chi connectivity index (χ1v) is 8.15. The van der Waals surface area contributed by atoms with Crippen LogP contribution in [0.15, 0.2) is 22.7 Å². The van der Waals surface area contributed by atoms with Crippen LogP contribution in [-0.2, 0) is 11.2 Å². The first-order chi connectivity index (χ1) is 11.6. The average Bonchev–Trinajstić information content (AvgIpc) is 3.21. The lowest BCUT2D eigenvalue weighted by molar-refractivity contribution is -0.139. The number of halogens is 1. The highest BCUT2D eigenvalue weighted by atomic mass is 19.1. The van der Waals surface area contributed by atoms with E-state index in [0.717, 1.165) is 18.4 Å². The van der Waals surface area contributed by atoms with Gasteiger partial charge in [0, 0.05) is 37.9 Å². The van der Waals surface area contributed by atoms with Crippen molar-refractivity contribution >= 4 is 5.91 Å². The van der Waals surface area contributed by atoms with E-state index in [1.165, 1.54) is 6.07 Å². The molecule has 7 heteroatoms. The number of hydrogen-bond acceptors (Lipinski definition) is 5. The van der Waals surface area contributed by atoms with Crippen LogP contribution in [0.3, 0.4) is 0 Å². The minimum absolute atomic E-state index is 0.0701. The lowest BCUT2D eigenvalue weighted by Gasteiger charge is -2.32. The molecule has 126 valence electrons. The Kier molecular flexibility index (Phi) is 3.70. The molecule has 1 aromatic heterocycles. The van der Waals surface area contributed by atoms with Crippen molar-refractivity contribution in [2.24, 2.45) is 0 Å². The topological polar surface area (TPSA) is 68.5 Å². The van der Waals surface area contributed by atoms with E-state index in [9.17, 15) is 9.18 Å². The van der Waals surface area contributed by atoms with E-state index < -0.39 is 11.9 Å². The SMILES string of the molecule is Cc1nc([C@H]2CCCN(C(=O)[C@H]3Cc4cccc(F)c4O3)C2)no1. The molecule has 1 aromatic carbocycles. The predicted molar refractivity (Wildman–Crippen MR) is 82.1 cm³/mol. The summed E-state index contributed by atoms with van der Waals surface area (Å²) in [5.74, 6) is 0.932. The van der Waals surface area contributed by atoms with Gasteiger partial charge in [-0.15, -0.1) is 0 Å². The van der Waals surface area contributed by atoms with Crippen molar-refractivity contribution in [2.45, 2.75) is 38.2 Å². The summed E-state index contributed by atoms with van der Waals surface area (Å²) in [6.45, 7) is 2.96. The van der Waals surface area contributed by atoms with E-state index in [1.807, 2.05) is 0 Å². The van der Waals surface area contributed by atoms with Crippen LogP contribution in [0.2, 0.25) is 0 Å². The second-order valence-electron chi connectivity index (χ2n) is 6.33. The molecule has 0 bridgehead atoms. The fourth-order valence-electron chi connectivity index (χ4n) is 3.44. The lowest BCUT2D eigenvalue weighted by Crippen LogP contribution is -2.46. The molecule has 1 amide bonds. The number of amides is 1. The second kappa shape index (κ2) is 5.89. The quantitative estimate of drug-likeness (QED) is 0.844. The molecule has 24 heavy (non-hydrogen) atoms. The van der Waals surface area contributed by atoms with Crippen LogP contribution in [0, 0.1) is 12.7 Å². The van der Waals surface area contributed by atoms with Crippen molar-refractivity contribution in [2.75, 3.05) is 13.1 Å². The number of hydrogen-bond donors (Lipinski definition) is 0. The Morgan fingerprint density at radius 1 is 1.42 bits per heavy atom. The number of benzene rings is 1. The molecule has 0 saturated carbocycles. The van der Waals surface area contributed by atoms with E-state index in [4.69, 9.17) is 9.26 Å². The largest absolute Gasteiger partial charge is 0.477 e. The summed E-state index contributed by atoms with van der Waals surface area (Å²) in [6.07, 6.45) is 1.55. The number of aryl methyl sites for hydroxylation is 1. The van der Waals surface area contributed by atoms with Crippen LogP contribution in [0.1, 0.15) is 36.0 Å². The van der Waals surface area contributed by atoms with Crippen LogP contribution in [0.4, 0.5) is 4.39 Å². The third-order valence-electron chi connectivity index (χ3n) is 4.63. The van der Waals surface area contributed by atoms with Crippen LogP contribution in [0.5, 0.6) is 5.75 Å². The number of carbonyl (C=O) groups is 1. The molecule has 0 spiro atoms. The van der Waals surface area contributed by atoms with Gasteiger partial charge in [0.15, 0.2) is 23.5 Å². The number of rotatable bonds is 2. The van der Waals surface area contributed by atoms with Gasteiger partial charge in [-0.2, -0.15) is 4.98 Å². The highest BCUT2D eigenvalue weighted by Gasteiger charge is 2.36.